The SMILES string of the molecule is Nc1ccc(Oc2c[nH]nc2-c2ccc(O)cc2O)cc1. The Labute approximate surface area is 120 Å². The van der Waals surface area contributed by atoms with E-state index in [0.29, 0.717) is 28.4 Å². The van der Waals surface area contributed by atoms with Crippen molar-refractivity contribution in [1.29, 1.82) is 0 Å². The molecule has 0 aliphatic rings. The van der Waals surface area contributed by atoms with Gasteiger partial charge in [0.2, 0.25) is 0 Å². The Morgan fingerprint density at radius 1 is 1.05 bits per heavy atom. The quantitative estimate of drug-likeness (QED) is 0.553. The molecule has 0 aliphatic heterocycles. The number of aromatic amines is 1. The minimum absolute atomic E-state index is 0.0206. The van der Waals surface area contributed by atoms with Crippen LogP contribution in [0, 0.1) is 0 Å². The number of rotatable bonds is 3. The summed E-state index contributed by atoms with van der Waals surface area (Å²) in [5.74, 6) is 0.961. The van der Waals surface area contributed by atoms with Gasteiger partial charge < -0.3 is 20.7 Å². The van der Waals surface area contributed by atoms with Crippen molar-refractivity contribution in [2.75, 3.05) is 5.73 Å². The summed E-state index contributed by atoms with van der Waals surface area (Å²) < 4.78 is 5.72. The van der Waals surface area contributed by atoms with Crippen molar-refractivity contribution < 1.29 is 14.9 Å². The van der Waals surface area contributed by atoms with Gasteiger partial charge in [0.05, 0.1) is 6.20 Å². The molecule has 0 spiro atoms. The number of nitrogen functional groups attached to an aromatic ring is 1. The van der Waals surface area contributed by atoms with Crippen molar-refractivity contribution in [3.05, 3.63) is 48.7 Å². The van der Waals surface area contributed by atoms with Gasteiger partial charge in [-0.15, -0.1) is 0 Å². The smallest absolute Gasteiger partial charge is 0.173 e. The maximum atomic E-state index is 9.90. The first-order chi connectivity index (χ1) is 10.1. The number of hydrogen-bond donors (Lipinski definition) is 4. The molecular formula is C15H13N3O3. The molecule has 21 heavy (non-hydrogen) atoms. The third kappa shape index (κ3) is 2.59. The van der Waals surface area contributed by atoms with Crippen LogP contribution in [0.15, 0.2) is 48.7 Å². The van der Waals surface area contributed by atoms with Crippen molar-refractivity contribution >= 4 is 5.69 Å². The molecule has 3 aromatic rings. The van der Waals surface area contributed by atoms with E-state index in [-0.39, 0.29) is 11.5 Å². The number of ether oxygens (including phenoxy) is 1. The van der Waals surface area contributed by atoms with E-state index in [4.69, 9.17) is 10.5 Å². The van der Waals surface area contributed by atoms with Gasteiger partial charge in [-0.2, -0.15) is 5.10 Å². The molecule has 5 N–H and O–H groups in total. The van der Waals surface area contributed by atoms with E-state index < -0.39 is 0 Å². The van der Waals surface area contributed by atoms with Crippen molar-refractivity contribution in [3.63, 3.8) is 0 Å². The van der Waals surface area contributed by atoms with E-state index >= 15 is 0 Å². The predicted octanol–water partition coefficient (Wildman–Crippen LogP) is 2.86. The maximum absolute atomic E-state index is 9.90. The first-order valence-corrected chi connectivity index (χ1v) is 6.23. The van der Waals surface area contributed by atoms with Crippen molar-refractivity contribution in [1.82, 2.24) is 10.2 Å². The van der Waals surface area contributed by atoms with Gasteiger partial charge in [-0.25, -0.2) is 0 Å². The number of aromatic hydroxyl groups is 2. The molecule has 1 heterocycles. The first kappa shape index (κ1) is 12.9. The van der Waals surface area contributed by atoms with Crippen LogP contribution in [0.4, 0.5) is 5.69 Å². The highest BCUT2D eigenvalue weighted by Gasteiger charge is 2.14. The average Bonchev–Trinajstić information content (AvgIpc) is 2.89. The van der Waals surface area contributed by atoms with E-state index in [9.17, 15) is 10.2 Å². The lowest BCUT2D eigenvalue weighted by Gasteiger charge is -2.07. The fourth-order valence-corrected chi connectivity index (χ4v) is 1.93. The maximum Gasteiger partial charge on any atom is 0.173 e. The standard InChI is InChI=1S/C15H13N3O3/c16-9-1-4-11(5-2-9)21-14-8-17-18-15(14)12-6-3-10(19)7-13(12)20/h1-8,19-20H,16H2,(H,17,18). The van der Waals surface area contributed by atoms with Gasteiger partial charge >= 0.3 is 0 Å². The van der Waals surface area contributed by atoms with Gasteiger partial charge in [0.15, 0.2) is 5.75 Å². The predicted molar refractivity (Wildman–Crippen MR) is 78.3 cm³/mol. The minimum atomic E-state index is -0.0794. The summed E-state index contributed by atoms with van der Waals surface area (Å²) in [6.45, 7) is 0. The average molecular weight is 283 g/mol. The van der Waals surface area contributed by atoms with E-state index in [1.807, 2.05) is 0 Å². The second-order valence-electron chi connectivity index (χ2n) is 4.47. The Morgan fingerprint density at radius 2 is 1.81 bits per heavy atom. The molecule has 0 atom stereocenters. The lowest BCUT2D eigenvalue weighted by atomic mass is 10.1. The van der Waals surface area contributed by atoms with Crippen LogP contribution in [0.2, 0.25) is 0 Å². The van der Waals surface area contributed by atoms with Crippen LogP contribution in [-0.4, -0.2) is 20.4 Å². The molecule has 0 fully saturated rings. The number of nitrogens with one attached hydrogen (secondary N) is 1. The topological polar surface area (TPSA) is 104 Å². The summed E-state index contributed by atoms with van der Waals surface area (Å²) in [7, 11) is 0. The van der Waals surface area contributed by atoms with Crippen LogP contribution in [0.25, 0.3) is 11.3 Å². The monoisotopic (exact) mass is 283 g/mol. The first-order valence-electron chi connectivity index (χ1n) is 6.23. The summed E-state index contributed by atoms with van der Waals surface area (Å²) in [5, 5.41) is 26.0. The van der Waals surface area contributed by atoms with Gasteiger partial charge in [0.1, 0.15) is 22.9 Å². The summed E-state index contributed by atoms with van der Waals surface area (Å²) >= 11 is 0. The molecule has 0 bridgehead atoms. The van der Waals surface area contributed by atoms with Crippen LogP contribution < -0.4 is 10.5 Å². The van der Waals surface area contributed by atoms with Gasteiger partial charge in [0.25, 0.3) is 0 Å². The molecule has 1 aromatic heterocycles. The summed E-state index contributed by atoms with van der Waals surface area (Å²) in [6.07, 6.45) is 1.58. The zero-order valence-electron chi connectivity index (χ0n) is 10.9. The van der Waals surface area contributed by atoms with Crippen LogP contribution >= 0.6 is 0 Å². The summed E-state index contributed by atoms with van der Waals surface area (Å²) in [4.78, 5) is 0. The molecule has 0 saturated heterocycles. The highest BCUT2D eigenvalue weighted by atomic mass is 16.5. The van der Waals surface area contributed by atoms with E-state index in [2.05, 4.69) is 10.2 Å². The molecule has 0 saturated carbocycles. The number of nitrogens with zero attached hydrogens (tertiary/aromatic N) is 1. The lowest BCUT2D eigenvalue weighted by molar-refractivity contribution is 0.450. The van der Waals surface area contributed by atoms with Gasteiger partial charge in [0, 0.05) is 17.3 Å². The van der Waals surface area contributed by atoms with E-state index in [0.717, 1.165) is 0 Å². The summed E-state index contributed by atoms with van der Waals surface area (Å²) in [5.41, 5.74) is 7.17. The number of nitrogens with two attached hydrogens (primary N) is 1. The van der Waals surface area contributed by atoms with Gasteiger partial charge in [-0.3, -0.25) is 5.10 Å². The van der Waals surface area contributed by atoms with Crippen molar-refractivity contribution in [2.45, 2.75) is 0 Å². The highest BCUT2D eigenvalue weighted by Crippen LogP contribution is 2.37. The zero-order chi connectivity index (χ0) is 14.8. The normalized spacial score (nSPS) is 10.5. The number of aromatic nitrogens is 2. The molecule has 6 nitrogen and oxygen atoms in total. The van der Waals surface area contributed by atoms with Gasteiger partial charge in [-0.05, 0) is 36.4 Å². The Balaban J connectivity index is 1.95. The molecule has 0 radical (unpaired) electrons. The van der Waals surface area contributed by atoms with Crippen molar-refractivity contribution in [3.8, 4) is 34.3 Å². The molecule has 106 valence electrons. The van der Waals surface area contributed by atoms with E-state index in [1.165, 1.54) is 12.1 Å². The van der Waals surface area contributed by atoms with E-state index in [1.54, 1.807) is 36.5 Å². The second-order valence-corrected chi connectivity index (χ2v) is 4.47. The Bertz CT molecular complexity index is 766. The number of anilines is 1. The van der Waals surface area contributed by atoms with Crippen LogP contribution in [-0.2, 0) is 0 Å². The van der Waals surface area contributed by atoms with Crippen LogP contribution in [0.5, 0.6) is 23.0 Å². The molecule has 2 aromatic carbocycles. The molecule has 6 heteroatoms. The Kier molecular flexibility index (Phi) is 3.12. The fourth-order valence-electron chi connectivity index (χ4n) is 1.93. The Morgan fingerprint density at radius 3 is 2.52 bits per heavy atom. The third-order valence-corrected chi connectivity index (χ3v) is 2.95. The molecule has 0 amide bonds. The molecule has 0 aliphatic carbocycles. The number of phenolic OH excluding ortho intramolecular Hbond substituents is 2. The number of hydrogen-bond acceptors (Lipinski definition) is 5. The number of H-pyrrole nitrogens is 1. The van der Waals surface area contributed by atoms with Crippen LogP contribution in [0.3, 0.4) is 0 Å². The highest BCUT2D eigenvalue weighted by molar-refractivity contribution is 5.72. The number of benzene rings is 2. The van der Waals surface area contributed by atoms with Gasteiger partial charge in [-0.1, -0.05) is 0 Å². The lowest BCUT2D eigenvalue weighted by Crippen LogP contribution is -1.88. The molecule has 3 rings (SSSR count). The zero-order valence-corrected chi connectivity index (χ0v) is 10.9. The summed E-state index contributed by atoms with van der Waals surface area (Å²) in [6, 6.07) is 11.2. The minimum Gasteiger partial charge on any atom is -0.508 e. The fraction of sp³-hybridized carbons (Fsp3) is 0. The molecule has 0 unspecified atom stereocenters. The van der Waals surface area contributed by atoms with Crippen molar-refractivity contribution in [2.24, 2.45) is 0 Å². The second kappa shape index (κ2) is 5.09. The largest absolute Gasteiger partial charge is 0.508 e. The third-order valence-electron chi connectivity index (χ3n) is 2.95. The molecular weight excluding hydrogens is 270 g/mol. The van der Waals surface area contributed by atoms with Crippen LogP contribution in [0.1, 0.15) is 0 Å². The number of phenols is 2. The Hall–Kier alpha value is -3.15.